The fraction of sp³-hybridized carbons (Fsp3) is 0.273. The van der Waals surface area contributed by atoms with Crippen molar-refractivity contribution in [1.29, 1.82) is 0 Å². The number of anilines is 1. The zero-order valence-corrected chi connectivity index (χ0v) is 10.4. The van der Waals surface area contributed by atoms with E-state index in [9.17, 15) is 9.59 Å². The zero-order valence-electron chi connectivity index (χ0n) is 8.92. The van der Waals surface area contributed by atoms with Crippen molar-refractivity contribution in [2.24, 2.45) is 0 Å². The fourth-order valence-electron chi connectivity index (χ4n) is 1.75. The minimum absolute atomic E-state index is 0.204. The van der Waals surface area contributed by atoms with E-state index in [4.69, 9.17) is 27.9 Å². The van der Waals surface area contributed by atoms with Crippen LogP contribution in [0.2, 0.25) is 10.0 Å². The third kappa shape index (κ3) is 1.98. The van der Waals surface area contributed by atoms with Crippen LogP contribution in [0.5, 0.6) is 0 Å². The monoisotopic (exact) mass is 273 g/mol. The van der Waals surface area contributed by atoms with Crippen LogP contribution < -0.4 is 5.32 Å². The molecule has 1 amide bonds. The van der Waals surface area contributed by atoms with E-state index in [0.717, 1.165) is 0 Å². The number of hydrogen-bond acceptors (Lipinski definition) is 3. The van der Waals surface area contributed by atoms with Gasteiger partial charge in [0.25, 0.3) is 0 Å². The van der Waals surface area contributed by atoms with Gasteiger partial charge in [0.15, 0.2) is 5.92 Å². The number of carbonyl (C=O) groups is 2. The number of rotatable bonds is 2. The van der Waals surface area contributed by atoms with Crippen molar-refractivity contribution in [3.8, 4) is 0 Å². The quantitative estimate of drug-likeness (QED) is 0.666. The number of esters is 1. The van der Waals surface area contributed by atoms with Crippen molar-refractivity contribution in [1.82, 2.24) is 0 Å². The first kappa shape index (κ1) is 12.2. The Morgan fingerprint density at radius 2 is 2.06 bits per heavy atom. The number of ether oxygens (including phenoxy) is 1. The summed E-state index contributed by atoms with van der Waals surface area (Å²) in [5, 5.41) is 3.21. The lowest BCUT2D eigenvalue weighted by molar-refractivity contribution is -0.147. The molecule has 0 spiro atoms. The molecule has 1 aliphatic rings. The third-order valence-electron chi connectivity index (χ3n) is 2.46. The van der Waals surface area contributed by atoms with Gasteiger partial charge < -0.3 is 10.1 Å². The molecule has 0 aromatic heterocycles. The van der Waals surface area contributed by atoms with E-state index in [1.54, 1.807) is 19.1 Å². The largest absolute Gasteiger partial charge is 0.465 e. The van der Waals surface area contributed by atoms with E-state index in [0.29, 0.717) is 21.3 Å². The summed E-state index contributed by atoms with van der Waals surface area (Å²) < 4.78 is 4.85. The van der Waals surface area contributed by atoms with Crippen LogP contribution in [0.3, 0.4) is 0 Å². The lowest BCUT2D eigenvalue weighted by Gasteiger charge is -2.09. The average Bonchev–Trinajstić information content (AvgIpc) is 2.63. The average molecular weight is 274 g/mol. The van der Waals surface area contributed by atoms with Crippen LogP contribution in [0.4, 0.5) is 5.69 Å². The number of nitrogens with one attached hydrogen (secondary N) is 1. The molecule has 0 radical (unpaired) electrons. The van der Waals surface area contributed by atoms with E-state index in [1.165, 1.54) is 0 Å². The van der Waals surface area contributed by atoms with Crippen molar-refractivity contribution in [3.63, 3.8) is 0 Å². The maximum atomic E-state index is 11.7. The molecule has 90 valence electrons. The molecule has 1 atom stereocenters. The highest BCUT2D eigenvalue weighted by Gasteiger charge is 2.40. The second kappa shape index (κ2) is 4.55. The molecule has 2 rings (SSSR count). The Kier molecular flexibility index (Phi) is 3.26. The van der Waals surface area contributed by atoms with E-state index < -0.39 is 17.8 Å². The summed E-state index contributed by atoms with van der Waals surface area (Å²) in [6.07, 6.45) is 0. The topological polar surface area (TPSA) is 55.4 Å². The molecule has 4 nitrogen and oxygen atoms in total. The van der Waals surface area contributed by atoms with Crippen molar-refractivity contribution < 1.29 is 14.3 Å². The summed E-state index contributed by atoms with van der Waals surface area (Å²) in [7, 11) is 0. The molecular formula is C11H9Cl2NO3. The Labute approximate surface area is 108 Å². The van der Waals surface area contributed by atoms with Gasteiger partial charge in [-0.1, -0.05) is 23.2 Å². The van der Waals surface area contributed by atoms with Crippen LogP contribution in [-0.4, -0.2) is 18.5 Å². The van der Waals surface area contributed by atoms with Crippen molar-refractivity contribution >= 4 is 40.8 Å². The number of carbonyl (C=O) groups excluding carboxylic acids is 2. The maximum absolute atomic E-state index is 11.7. The minimum Gasteiger partial charge on any atom is -0.465 e. The van der Waals surface area contributed by atoms with Crippen LogP contribution in [0, 0.1) is 0 Å². The Morgan fingerprint density at radius 1 is 1.41 bits per heavy atom. The molecule has 1 N–H and O–H groups in total. The van der Waals surface area contributed by atoms with Crippen LogP contribution in [0.25, 0.3) is 0 Å². The smallest absolute Gasteiger partial charge is 0.323 e. The first-order valence-electron chi connectivity index (χ1n) is 5.01. The first-order valence-corrected chi connectivity index (χ1v) is 5.77. The molecular weight excluding hydrogens is 265 g/mol. The lowest BCUT2D eigenvalue weighted by atomic mass is 10.0. The third-order valence-corrected chi connectivity index (χ3v) is 3.11. The van der Waals surface area contributed by atoms with Gasteiger partial charge in [0, 0.05) is 10.6 Å². The molecule has 1 unspecified atom stereocenters. The lowest BCUT2D eigenvalue weighted by Crippen LogP contribution is -2.23. The first-order chi connectivity index (χ1) is 8.06. The highest BCUT2D eigenvalue weighted by atomic mass is 35.5. The molecule has 1 aromatic rings. The summed E-state index contributed by atoms with van der Waals surface area (Å²) in [6.45, 7) is 1.88. The molecule has 17 heavy (non-hydrogen) atoms. The number of amides is 1. The highest BCUT2D eigenvalue weighted by molar-refractivity contribution is 6.38. The van der Waals surface area contributed by atoms with Crippen LogP contribution >= 0.6 is 23.2 Å². The van der Waals surface area contributed by atoms with E-state index in [-0.39, 0.29) is 6.61 Å². The number of halogens is 2. The Morgan fingerprint density at radius 3 is 2.71 bits per heavy atom. The van der Waals surface area contributed by atoms with E-state index in [2.05, 4.69) is 5.32 Å². The zero-order chi connectivity index (χ0) is 12.6. The van der Waals surface area contributed by atoms with Gasteiger partial charge in [-0.05, 0) is 19.1 Å². The molecule has 6 heteroatoms. The van der Waals surface area contributed by atoms with Gasteiger partial charge in [-0.2, -0.15) is 0 Å². The van der Waals surface area contributed by atoms with Gasteiger partial charge in [-0.3, -0.25) is 9.59 Å². The van der Waals surface area contributed by atoms with Gasteiger partial charge in [0.1, 0.15) is 0 Å². The second-order valence-corrected chi connectivity index (χ2v) is 4.31. The van der Waals surface area contributed by atoms with Gasteiger partial charge >= 0.3 is 5.97 Å². The number of benzene rings is 1. The van der Waals surface area contributed by atoms with Crippen LogP contribution in [-0.2, 0) is 14.3 Å². The predicted molar refractivity (Wildman–Crippen MR) is 64.5 cm³/mol. The minimum atomic E-state index is -1.03. The summed E-state index contributed by atoms with van der Waals surface area (Å²) >= 11 is 11.9. The predicted octanol–water partition coefficient (Wildman–Crippen LogP) is 2.59. The normalized spacial score (nSPS) is 17.6. The van der Waals surface area contributed by atoms with Gasteiger partial charge in [-0.25, -0.2) is 0 Å². The maximum Gasteiger partial charge on any atom is 0.323 e. The van der Waals surface area contributed by atoms with Gasteiger partial charge in [0.05, 0.1) is 17.3 Å². The Hall–Kier alpha value is -1.26. The van der Waals surface area contributed by atoms with Crippen molar-refractivity contribution in [3.05, 3.63) is 27.7 Å². The molecule has 1 aliphatic heterocycles. The second-order valence-electron chi connectivity index (χ2n) is 3.49. The Balaban J connectivity index is 2.50. The highest BCUT2D eigenvalue weighted by Crippen LogP contribution is 2.42. The van der Waals surface area contributed by atoms with Crippen LogP contribution in [0.1, 0.15) is 18.4 Å². The fourth-order valence-corrected chi connectivity index (χ4v) is 2.23. The standard InChI is InChI=1S/C11H9Cl2NO3/c1-2-17-11(16)8-7-5(12)3-4-6(13)9(7)14-10(8)15/h3-4,8H,2H2,1H3,(H,14,15). The number of hydrogen-bond donors (Lipinski definition) is 1. The van der Waals surface area contributed by atoms with Gasteiger partial charge in [-0.15, -0.1) is 0 Å². The molecule has 0 bridgehead atoms. The van der Waals surface area contributed by atoms with Crippen LogP contribution in [0.15, 0.2) is 12.1 Å². The van der Waals surface area contributed by atoms with E-state index in [1.807, 2.05) is 0 Å². The molecule has 0 saturated heterocycles. The summed E-state index contributed by atoms with van der Waals surface area (Å²) in [5.41, 5.74) is 0.782. The summed E-state index contributed by atoms with van der Waals surface area (Å²) in [5.74, 6) is -2.11. The van der Waals surface area contributed by atoms with Crippen molar-refractivity contribution in [2.45, 2.75) is 12.8 Å². The molecule has 0 fully saturated rings. The Bertz CT molecular complexity index is 502. The molecule has 0 saturated carbocycles. The summed E-state index contributed by atoms with van der Waals surface area (Å²) in [6, 6.07) is 3.12. The molecule has 1 heterocycles. The van der Waals surface area contributed by atoms with E-state index >= 15 is 0 Å². The number of fused-ring (bicyclic) bond motifs is 1. The van der Waals surface area contributed by atoms with Gasteiger partial charge in [0.2, 0.25) is 5.91 Å². The molecule has 1 aromatic carbocycles. The molecule has 0 aliphatic carbocycles. The van der Waals surface area contributed by atoms with Crippen molar-refractivity contribution in [2.75, 3.05) is 11.9 Å². The summed E-state index contributed by atoms with van der Waals surface area (Å²) in [4.78, 5) is 23.4. The SMILES string of the molecule is CCOC(=O)C1C(=O)Nc2c(Cl)ccc(Cl)c21.